The second kappa shape index (κ2) is 8.16. The molecule has 0 amide bonds. The number of benzene rings is 1. The lowest BCUT2D eigenvalue weighted by molar-refractivity contribution is -0.144. The van der Waals surface area contributed by atoms with Gasteiger partial charge in [-0.25, -0.2) is 0 Å². The molecular formula is C24H36O4. The van der Waals surface area contributed by atoms with Crippen molar-refractivity contribution in [3.05, 3.63) is 29.3 Å². The fourth-order valence-corrected chi connectivity index (χ4v) is 4.44. The maximum absolute atomic E-state index is 12.7. The highest BCUT2D eigenvalue weighted by Gasteiger charge is 2.37. The number of hydrogen-bond donors (Lipinski definition) is 2. The fourth-order valence-electron chi connectivity index (χ4n) is 4.44. The molecule has 4 heteroatoms. The SMILES string of the molecule is CCC(C)(C)C(=O)Oc1cc(C2(O)CCCCC2)cc(C2(O)CCCCC2)c1. The molecule has 2 N–H and O–H groups in total. The van der Waals surface area contributed by atoms with E-state index in [-0.39, 0.29) is 5.97 Å². The Labute approximate surface area is 169 Å². The number of rotatable bonds is 5. The highest BCUT2D eigenvalue weighted by atomic mass is 16.5. The molecule has 28 heavy (non-hydrogen) atoms. The van der Waals surface area contributed by atoms with Crippen molar-refractivity contribution in [3.63, 3.8) is 0 Å². The van der Waals surface area contributed by atoms with E-state index in [1.807, 2.05) is 39.0 Å². The van der Waals surface area contributed by atoms with Gasteiger partial charge in [-0.05, 0) is 75.3 Å². The van der Waals surface area contributed by atoms with E-state index in [1.165, 1.54) is 0 Å². The predicted molar refractivity (Wildman–Crippen MR) is 110 cm³/mol. The van der Waals surface area contributed by atoms with Gasteiger partial charge < -0.3 is 14.9 Å². The number of hydrogen-bond acceptors (Lipinski definition) is 4. The second-order valence-corrected chi connectivity index (χ2v) is 9.56. The first kappa shape index (κ1) is 21.3. The molecule has 0 spiro atoms. The lowest BCUT2D eigenvalue weighted by atomic mass is 9.75. The molecule has 0 aromatic heterocycles. The number of carbonyl (C=O) groups is 1. The summed E-state index contributed by atoms with van der Waals surface area (Å²) in [7, 11) is 0. The van der Waals surface area contributed by atoms with Crippen LogP contribution in [0.1, 0.15) is 103 Å². The van der Waals surface area contributed by atoms with Gasteiger partial charge in [-0.3, -0.25) is 4.79 Å². The van der Waals surface area contributed by atoms with Crippen LogP contribution in [0.15, 0.2) is 18.2 Å². The van der Waals surface area contributed by atoms with E-state index in [0.717, 1.165) is 49.7 Å². The van der Waals surface area contributed by atoms with Gasteiger partial charge in [0.25, 0.3) is 0 Å². The Hall–Kier alpha value is -1.39. The van der Waals surface area contributed by atoms with Crippen LogP contribution < -0.4 is 4.74 Å². The zero-order valence-electron chi connectivity index (χ0n) is 17.7. The summed E-state index contributed by atoms with van der Waals surface area (Å²) >= 11 is 0. The van der Waals surface area contributed by atoms with Crippen molar-refractivity contribution in [2.45, 2.75) is 103 Å². The lowest BCUT2D eigenvalue weighted by Crippen LogP contribution is -2.32. The average molecular weight is 389 g/mol. The number of carbonyl (C=O) groups excluding carboxylic acids is 1. The minimum absolute atomic E-state index is 0.274. The van der Waals surface area contributed by atoms with Crippen LogP contribution in [0.2, 0.25) is 0 Å². The van der Waals surface area contributed by atoms with Gasteiger partial charge in [0.2, 0.25) is 0 Å². The van der Waals surface area contributed by atoms with Crippen molar-refractivity contribution < 1.29 is 19.7 Å². The number of ether oxygens (including phenoxy) is 1. The lowest BCUT2D eigenvalue weighted by Gasteiger charge is -2.36. The Balaban J connectivity index is 2.00. The predicted octanol–water partition coefficient (Wildman–Crippen LogP) is 5.33. The van der Waals surface area contributed by atoms with E-state index >= 15 is 0 Å². The summed E-state index contributed by atoms with van der Waals surface area (Å²) in [5.74, 6) is 0.168. The Bertz CT molecular complexity index is 652. The Morgan fingerprint density at radius 1 is 0.893 bits per heavy atom. The van der Waals surface area contributed by atoms with E-state index in [0.29, 0.717) is 37.9 Å². The van der Waals surface area contributed by atoms with Crippen LogP contribution >= 0.6 is 0 Å². The number of aliphatic hydroxyl groups is 2. The van der Waals surface area contributed by atoms with E-state index in [4.69, 9.17) is 4.74 Å². The monoisotopic (exact) mass is 388 g/mol. The van der Waals surface area contributed by atoms with Gasteiger partial charge in [-0.1, -0.05) is 45.4 Å². The molecule has 1 aromatic carbocycles. The largest absolute Gasteiger partial charge is 0.426 e. The van der Waals surface area contributed by atoms with Crippen LogP contribution in [0, 0.1) is 5.41 Å². The van der Waals surface area contributed by atoms with Crippen LogP contribution in [-0.4, -0.2) is 16.2 Å². The fraction of sp³-hybridized carbons (Fsp3) is 0.708. The molecule has 156 valence electrons. The van der Waals surface area contributed by atoms with Gasteiger partial charge in [-0.2, -0.15) is 0 Å². The zero-order valence-corrected chi connectivity index (χ0v) is 17.7. The molecule has 0 heterocycles. The number of esters is 1. The van der Waals surface area contributed by atoms with E-state index in [9.17, 15) is 15.0 Å². The first-order valence-corrected chi connectivity index (χ1v) is 11.0. The molecule has 0 unspecified atom stereocenters. The molecule has 2 aliphatic carbocycles. The van der Waals surface area contributed by atoms with Crippen molar-refractivity contribution in [2.24, 2.45) is 5.41 Å². The Morgan fingerprint density at radius 2 is 1.32 bits per heavy atom. The summed E-state index contributed by atoms with van der Waals surface area (Å²) in [5, 5.41) is 22.6. The van der Waals surface area contributed by atoms with Crippen molar-refractivity contribution >= 4 is 5.97 Å². The van der Waals surface area contributed by atoms with Crippen molar-refractivity contribution in [2.75, 3.05) is 0 Å². The quantitative estimate of drug-likeness (QED) is 0.528. The van der Waals surface area contributed by atoms with Gasteiger partial charge >= 0.3 is 5.97 Å². The standard InChI is InChI=1S/C24H36O4/c1-4-22(2,3)21(25)28-20-16-18(23(26)11-7-5-8-12-23)15-19(17-20)24(27)13-9-6-10-14-24/h15-17,26-27H,4-14H2,1-3H3. The summed E-state index contributed by atoms with van der Waals surface area (Å²) in [6, 6.07) is 5.58. The maximum Gasteiger partial charge on any atom is 0.316 e. The smallest absolute Gasteiger partial charge is 0.316 e. The molecule has 0 radical (unpaired) electrons. The average Bonchev–Trinajstić information content (AvgIpc) is 2.69. The normalized spacial score (nSPS) is 21.9. The molecule has 3 rings (SSSR count). The summed E-state index contributed by atoms with van der Waals surface area (Å²) in [6.07, 6.45) is 9.76. The van der Waals surface area contributed by atoms with Crippen LogP contribution in [0.4, 0.5) is 0 Å². The third-order valence-corrected chi connectivity index (χ3v) is 6.99. The Morgan fingerprint density at radius 3 is 1.71 bits per heavy atom. The molecule has 4 nitrogen and oxygen atoms in total. The molecule has 2 aliphatic rings. The van der Waals surface area contributed by atoms with E-state index < -0.39 is 16.6 Å². The Kier molecular flexibility index (Phi) is 6.21. The first-order chi connectivity index (χ1) is 13.2. The van der Waals surface area contributed by atoms with E-state index in [1.54, 1.807) is 0 Å². The molecular weight excluding hydrogens is 352 g/mol. The van der Waals surface area contributed by atoms with Crippen molar-refractivity contribution in [3.8, 4) is 5.75 Å². The van der Waals surface area contributed by atoms with Gasteiger partial charge in [0.1, 0.15) is 5.75 Å². The molecule has 0 aliphatic heterocycles. The van der Waals surface area contributed by atoms with Crippen molar-refractivity contribution in [1.29, 1.82) is 0 Å². The van der Waals surface area contributed by atoms with Crippen LogP contribution in [0.5, 0.6) is 5.75 Å². The first-order valence-electron chi connectivity index (χ1n) is 11.0. The molecule has 2 fully saturated rings. The van der Waals surface area contributed by atoms with E-state index in [2.05, 4.69) is 0 Å². The topological polar surface area (TPSA) is 66.8 Å². The summed E-state index contributed by atoms with van der Waals surface area (Å²) in [6.45, 7) is 5.73. The van der Waals surface area contributed by atoms with Crippen LogP contribution in [0.3, 0.4) is 0 Å². The van der Waals surface area contributed by atoms with Crippen LogP contribution in [0.25, 0.3) is 0 Å². The third-order valence-electron chi connectivity index (χ3n) is 6.99. The second-order valence-electron chi connectivity index (χ2n) is 9.56. The summed E-state index contributed by atoms with van der Waals surface area (Å²) in [5.41, 5.74) is -0.817. The van der Waals surface area contributed by atoms with Crippen LogP contribution in [-0.2, 0) is 16.0 Å². The highest BCUT2D eigenvalue weighted by molar-refractivity contribution is 5.78. The van der Waals surface area contributed by atoms with Gasteiger partial charge in [0.05, 0.1) is 16.6 Å². The molecule has 1 aromatic rings. The summed E-state index contributed by atoms with van der Waals surface area (Å²) in [4.78, 5) is 12.7. The molecule has 0 saturated heterocycles. The molecule has 0 atom stereocenters. The van der Waals surface area contributed by atoms with Crippen molar-refractivity contribution in [1.82, 2.24) is 0 Å². The molecule has 2 saturated carbocycles. The van der Waals surface area contributed by atoms with Gasteiger partial charge in [0, 0.05) is 0 Å². The third kappa shape index (κ3) is 4.44. The summed E-state index contributed by atoms with van der Waals surface area (Å²) < 4.78 is 5.76. The zero-order chi connectivity index (χ0) is 20.4. The minimum atomic E-state index is -0.902. The minimum Gasteiger partial charge on any atom is -0.426 e. The van der Waals surface area contributed by atoms with Gasteiger partial charge in [0.15, 0.2) is 0 Å². The maximum atomic E-state index is 12.7. The highest BCUT2D eigenvalue weighted by Crippen LogP contribution is 2.43. The molecule has 0 bridgehead atoms. The van der Waals surface area contributed by atoms with Gasteiger partial charge in [-0.15, -0.1) is 0 Å².